The predicted octanol–water partition coefficient (Wildman–Crippen LogP) is 4.62. The van der Waals surface area contributed by atoms with Gasteiger partial charge in [0.1, 0.15) is 0 Å². The van der Waals surface area contributed by atoms with Crippen molar-refractivity contribution >= 4 is 6.21 Å². The number of benzene rings is 1. The summed E-state index contributed by atoms with van der Waals surface area (Å²) in [6, 6.07) is 4.66. The van der Waals surface area contributed by atoms with Gasteiger partial charge < -0.3 is 0 Å². The third kappa shape index (κ3) is 3.97. The molecule has 100 valence electrons. The second-order valence-corrected chi connectivity index (χ2v) is 6.13. The fraction of sp³-hybridized carbons (Fsp3) is 0.588. The van der Waals surface area contributed by atoms with E-state index in [4.69, 9.17) is 0 Å². The van der Waals surface area contributed by atoms with Crippen LogP contribution in [0.15, 0.2) is 17.1 Å². The SMILES string of the molecule is CCCN=CCc1c(C)cc(C(C)(C)C)cc1C. The Bertz CT molecular complexity index is 399. The summed E-state index contributed by atoms with van der Waals surface area (Å²) >= 11 is 0. The first kappa shape index (κ1) is 14.9. The third-order valence-corrected chi connectivity index (χ3v) is 3.34. The van der Waals surface area contributed by atoms with E-state index in [2.05, 4.69) is 64.9 Å². The van der Waals surface area contributed by atoms with Gasteiger partial charge in [-0.1, -0.05) is 39.8 Å². The summed E-state index contributed by atoms with van der Waals surface area (Å²) in [7, 11) is 0. The summed E-state index contributed by atoms with van der Waals surface area (Å²) in [5.41, 5.74) is 5.87. The molecule has 1 aromatic carbocycles. The lowest BCUT2D eigenvalue weighted by Crippen LogP contribution is -2.12. The maximum atomic E-state index is 4.41. The molecule has 0 aliphatic carbocycles. The van der Waals surface area contributed by atoms with Crippen molar-refractivity contribution < 1.29 is 0 Å². The van der Waals surface area contributed by atoms with Crippen LogP contribution in [0.5, 0.6) is 0 Å². The van der Waals surface area contributed by atoms with Crippen LogP contribution in [0.3, 0.4) is 0 Å². The van der Waals surface area contributed by atoms with Gasteiger partial charge in [-0.2, -0.15) is 0 Å². The zero-order chi connectivity index (χ0) is 13.8. The first-order chi connectivity index (χ1) is 8.36. The van der Waals surface area contributed by atoms with E-state index in [9.17, 15) is 0 Å². The summed E-state index contributed by atoms with van der Waals surface area (Å²) in [4.78, 5) is 4.41. The van der Waals surface area contributed by atoms with E-state index in [1.54, 1.807) is 0 Å². The van der Waals surface area contributed by atoms with E-state index in [0.717, 1.165) is 19.4 Å². The number of aliphatic imine (C=N–C) groups is 1. The standard InChI is InChI=1S/C17H27N/c1-7-9-18-10-8-16-13(2)11-15(12-14(16)3)17(4,5)6/h10-12H,7-9H2,1-6H3. The Morgan fingerprint density at radius 1 is 1.11 bits per heavy atom. The van der Waals surface area contributed by atoms with Crippen LogP contribution < -0.4 is 0 Å². The maximum absolute atomic E-state index is 4.41. The largest absolute Gasteiger partial charge is 0.297 e. The molecule has 0 amide bonds. The molecule has 0 heterocycles. The average molecular weight is 245 g/mol. The van der Waals surface area contributed by atoms with Crippen molar-refractivity contribution in [2.75, 3.05) is 6.54 Å². The van der Waals surface area contributed by atoms with Gasteiger partial charge in [-0.3, -0.25) is 4.99 Å². The molecule has 1 rings (SSSR count). The van der Waals surface area contributed by atoms with Crippen LogP contribution in [0.2, 0.25) is 0 Å². The van der Waals surface area contributed by atoms with Gasteiger partial charge in [0.15, 0.2) is 0 Å². The van der Waals surface area contributed by atoms with E-state index in [1.807, 2.05) is 0 Å². The smallest absolute Gasteiger partial charge is 0.0382 e. The molecule has 1 aromatic rings. The molecule has 0 aliphatic heterocycles. The Labute approximate surface area is 112 Å². The Balaban J connectivity index is 2.95. The lowest BCUT2D eigenvalue weighted by Gasteiger charge is -2.22. The fourth-order valence-corrected chi connectivity index (χ4v) is 2.12. The molecule has 0 N–H and O–H groups in total. The van der Waals surface area contributed by atoms with Crippen molar-refractivity contribution in [3.8, 4) is 0 Å². The zero-order valence-electron chi connectivity index (χ0n) is 12.8. The quantitative estimate of drug-likeness (QED) is 0.686. The van der Waals surface area contributed by atoms with Crippen LogP contribution in [-0.4, -0.2) is 12.8 Å². The number of hydrogen-bond donors (Lipinski definition) is 0. The van der Waals surface area contributed by atoms with Crippen molar-refractivity contribution in [2.45, 2.75) is 59.8 Å². The minimum atomic E-state index is 0.227. The monoisotopic (exact) mass is 245 g/mol. The van der Waals surface area contributed by atoms with Crippen LogP contribution >= 0.6 is 0 Å². The lowest BCUT2D eigenvalue weighted by atomic mass is 9.83. The highest BCUT2D eigenvalue weighted by Gasteiger charge is 2.15. The number of nitrogens with zero attached hydrogens (tertiary/aromatic N) is 1. The first-order valence-corrected chi connectivity index (χ1v) is 6.95. The predicted molar refractivity (Wildman–Crippen MR) is 82.0 cm³/mol. The highest BCUT2D eigenvalue weighted by atomic mass is 14.7. The molecule has 1 nitrogen and oxygen atoms in total. The van der Waals surface area contributed by atoms with Gasteiger partial charge in [0, 0.05) is 19.2 Å². The van der Waals surface area contributed by atoms with Crippen LogP contribution in [0.25, 0.3) is 0 Å². The topological polar surface area (TPSA) is 12.4 Å². The molecule has 0 saturated heterocycles. The van der Waals surface area contributed by atoms with Gasteiger partial charge in [-0.25, -0.2) is 0 Å². The Morgan fingerprint density at radius 2 is 1.67 bits per heavy atom. The highest BCUT2D eigenvalue weighted by molar-refractivity contribution is 5.63. The molecule has 0 unspecified atom stereocenters. The normalized spacial score (nSPS) is 12.3. The number of rotatable bonds is 4. The molecule has 0 aliphatic rings. The molecular weight excluding hydrogens is 218 g/mol. The lowest BCUT2D eigenvalue weighted by molar-refractivity contribution is 0.589. The van der Waals surface area contributed by atoms with Gasteiger partial charge in [-0.15, -0.1) is 0 Å². The second kappa shape index (κ2) is 6.17. The fourth-order valence-electron chi connectivity index (χ4n) is 2.12. The molecule has 0 fully saturated rings. The van der Waals surface area contributed by atoms with E-state index in [1.165, 1.54) is 22.3 Å². The van der Waals surface area contributed by atoms with Crippen molar-refractivity contribution in [3.05, 3.63) is 34.4 Å². The summed E-state index contributed by atoms with van der Waals surface area (Å²) in [6.45, 7) is 14.3. The average Bonchev–Trinajstić information content (AvgIpc) is 2.25. The summed E-state index contributed by atoms with van der Waals surface area (Å²) in [5.74, 6) is 0. The van der Waals surface area contributed by atoms with E-state index >= 15 is 0 Å². The van der Waals surface area contributed by atoms with Crippen molar-refractivity contribution in [1.82, 2.24) is 0 Å². The molecule has 0 bridgehead atoms. The first-order valence-electron chi connectivity index (χ1n) is 6.95. The van der Waals surface area contributed by atoms with E-state index in [-0.39, 0.29) is 5.41 Å². The second-order valence-electron chi connectivity index (χ2n) is 6.13. The third-order valence-electron chi connectivity index (χ3n) is 3.34. The minimum Gasteiger partial charge on any atom is -0.297 e. The summed E-state index contributed by atoms with van der Waals surface area (Å²) in [6.07, 6.45) is 4.15. The summed E-state index contributed by atoms with van der Waals surface area (Å²) in [5, 5.41) is 0. The van der Waals surface area contributed by atoms with Crippen molar-refractivity contribution in [3.63, 3.8) is 0 Å². The van der Waals surface area contributed by atoms with E-state index < -0.39 is 0 Å². The molecule has 18 heavy (non-hydrogen) atoms. The highest BCUT2D eigenvalue weighted by Crippen LogP contribution is 2.26. The number of hydrogen-bond acceptors (Lipinski definition) is 1. The molecule has 0 saturated carbocycles. The van der Waals surface area contributed by atoms with Gasteiger partial charge >= 0.3 is 0 Å². The molecule has 0 spiro atoms. The van der Waals surface area contributed by atoms with Crippen LogP contribution in [0.1, 0.15) is 56.4 Å². The Kier molecular flexibility index (Phi) is 5.13. The zero-order valence-corrected chi connectivity index (χ0v) is 12.8. The minimum absolute atomic E-state index is 0.227. The van der Waals surface area contributed by atoms with Crippen LogP contribution in [0, 0.1) is 13.8 Å². The molecule has 1 heteroatoms. The summed E-state index contributed by atoms with van der Waals surface area (Å²) < 4.78 is 0. The van der Waals surface area contributed by atoms with Crippen LogP contribution in [-0.2, 0) is 11.8 Å². The maximum Gasteiger partial charge on any atom is 0.0382 e. The molecule has 0 radical (unpaired) electrons. The van der Waals surface area contributed by atoms with Gasteiger partial charge in [0.05, 0.1) is 0 Å². The molecule has 0 aromatic heterocycles. The molecular formula is C17H27N. The van der Waals surface area contributed by atoms with E-state index in [0.29, 0.717) is 0 Å². The van der Waals surface area contributed by atoms with Gasteiger partial charge in [0.2, 0.25) is 0 Å². The van der Waals surface area contributed by atoms with Crippen LogP contribution in [0.4, 0.5) is 0 Å². The number of aryl methyl sites for hydroxylation is 2. The molecule has 0 atom stereocenters. The van der Waals surface area contributed by atoms with Crippen molar-refractivity contribution in [1.29, 1.82) is 0 Å². The van der Waals surface area contributed by atoms with Gasteiger partial charge in [0.25, 0.3) is 0 Å². The Hall–Kier alpha value is -1.11. The van der Waals surface area contributed by atoms with Gasteiger partial charge in [-0.05, 0) is 47.9 Å². The van der Waals surface area contributed by atoms with Crippen molar-refractivity contribution in [2.24, 2.45) is 4.99 Å². The Morgan fingerprint density at radius 3 is 2.11 bits per heavy atom.